The maximum atomic E-state index is 4.91. The van der Waals surface area contributed by atoms with Crippen LogP contribution in [0, 0.1) is 0 Å². The number of aromatic nitrogens is 2. The molecule has 0 fully saturated rings. The van der Waals surface area contributed by atoms with Gasteiger partial charge in [0.2, 0.25) is 0 Å². The zero-order valence-electron chi connectivity index (χ0n) is 21.7. The second kappa shape index (κ2) is 12.8. The molecule has 0 bridgehead atoms. The van der Waals surface area contributed by atoms with Gasteiger partial charge in [-0.25, -0.2) is 15.0 Å². The van der Waals surface area contributed by atoms with E-state index in [0.29, 0.717) is 5.82 Å². The van der Waals surface area contributed by atoms with Crippen molar-refractivity contribution < 1.29 is 13.1 Å². The molecule has 0 radical (unpaired) electrons. The summed E-state index contributed by atoms with van der Waals surface area (Å²) in [4.78, 5) is 19.0. The molecule has 0 atom stereocenters. The molecule has 0 saturated heterocycles. The van der Waals surface area contributed by atoms with E-state index < -0.39 is 0 Å². The standard InChI is InChI=1S/C28H34N4.2ClH.Fe/c1-19(30-24-15-11-9-13-21(24)27(3,4)5)23-17-18-29-26(32-23)20(2)31-25-16-12-10-14-22(25)28(6,7)8;;;/h9-18H,1-8H3;2*1H;/q;;;+2/p-2. The van der Waals surface area contributed by atoms with Gasteiger partial charge in [-0.05, 0) is 54.0 Å². The molecule has 0 aliphatic carbocycles. The summed E-state index contributed by atoms with van der Waals surface area (Å²) in [6.07, 6.45) is 1.78. The van der Waals surface area contributed by atoms with Gasteiger partial charge in [0.25, 0.3) is 0 Å². The van der Waals surface area contributed by atoms with Gasteiger partial charge in [-0.3, -0.25) is 4.99 Å². The molecule has 0 saturated carbocycles. The summed E-state index contributed by atoms with van der Waals surface area (Å²) in [5, 5.41) is 0. The van der Waals surface area contributed by atoms with Crippen LogP contribution in [0.1, 0.15) is 78.0 Å². The Morgan fingerprint density at radius 1 is 0.714 bits per heavy atom. The van der Waals surface area contributed by atoms with Gasteiger partial charge < -0.3 is 0 Å². The Kier molecular flexibility index (Phi) is 10.7. The van der Waals surface area contributed by atoms with E-state index in [9.17, 15) is 0 Å². The summed E-state index contributed by atoms with van der Waals surface area (Å²) in [6.45, 7) is 17.2. The van der Waals surface area contributed by atoms with Crippen LogP contribution in [0.4, 0.5) is 11.4 Å². The van der Waals surface area contributed by atoms with Crippen LogP contribution in [0.5, 0.6) is 0 Å². The van der Waals surface area contributed by atoms with Crippen LogP contribution in [0.3, 0.4) is 0 Å². The molecule has 188 valence electrons. The van der Waals surface area contributed by atoms with Crippen molar-refractivity contribution >= 4 is 43.0 Å². The molecule has 3 rings (SSSR count). The summed E-state index contributed by atoms with van der Waals surface area (Å²) >= 11 is 0.194. The van der Waals surface area contributed by atoms with E-state index in [0.717, 1.165) is 28.5 Å². The molecule has 0 amide bonds. The van der Waals surface area contributed by atoms with Crippen LogP contribution in [0.25, 0.3) is 0 Å². The fourth-order valence-electron chi connectivity index (χ4n) is 3.61. The first-order valence-electron chi connectivity index (χ1n) is 11.4. The molecule has 3 aromatic rings. The van der Waals surface area contributed by atoms with E-state index in [1.54, 1.807) is 6.20 Å². The number of para-hydroxylation sites is 2. The van der Waals surface area contributed by atoms with E-state index in [1.165, 1.54) is 11.1 Å². The molecule has 0 aliphatic heterocycles. The van der Waals surface area contributed by atoms with Gasteiger partial charge >= 0.3 is 33.3 Å². The molecule has 4 nitrogen and oxygen atoms in total. The summed E-state index contributed by atoms with van der Waals surface area (Å²) < 4.78 is 0. The molecule has 2 aromatic carbocycles. The number of halogens is 2. The second-order valence-corrected chi connectivity index (χ2v) is 12.1. The van der Waals surface area contributed by atoms with Crippen molar-refractivity contribution in [2.45, 2.75) is 66.2 Å². The van der Waals surface area contributed by atoms with Crippen LogP contribution in [-0.4, -0.2) is 21.4 Å². The third-order valence-electron chi connectivity index (χ3n) is 5.35. The van der Waals surface area contributed by atoms with Crippen molar-refractivity contribution in [2.75, 3.05) is 0 Å². The van der Waals surface area contributed by atoms with Crippen molar-refractivity contribution in [2.24, 2.45) is 9.98 Å². The Hall–Kier alpha value is -2.04. The molecule has 1 heterocycles. The Morgan fingerprint density at radius 3 is 1.60 bits per heavy atom. The van der Waals surface area contributed by atoms with Crippen molar-refractivity contribution in [1.29, 1.82) is 0 Å². The zero-order valence-corrected chi connectivity index (χ0v) is 24.3. The first-order valence-corrected chi connectivity index (χ1v) is 14.4. The van der Waals surface area contributed by atoms with E-state index >= 15 is 0 Å². The first kappa shape index (κ1) is 29.2. The predicted molar refractivity (Wildman–Crippen MR) is 148 cm³/mol. The predicted octanol–water partition coefficient (Wildman–Crippen LogP) is 8.73. The molecule has 0 aliphatic rings. The molecule has 0 N–H and O–H groups in total. The Balaban J connectivity index is 0.00000137. The molecule has 0 unspecified atom stereocenters. The third-order valence-corrected chi connectivity index (χ3v) is 5.35. The van der Waals surface area contributed by atoms with Crippen LogP contribution in [-0.2, 0) is 24.0 Å². The van der Waals surface area contributed by atoms with Gasteiger partial charge in [0.1, 0.15) is 0 Å². The van der Waals surface area contributed by atoms with Crippen LogP contribution >= 0.6 is 20.2 Å². The quantitative estimate of drug-likeness (QED) is 0.240. The van der Waals surface area contributed by atoms with Gasteiger partial charge in [0, 0.05) is 6.20 Å². The summed E-state index contributed by atoms with van der Waals surface area (Å²) in [6, 6.07) is 18.4. The average Bonchev–Trinajstić information content (AvgIpc) is 2.79. The third kappa shape index (κ3) is 8.54. The number of rotatable bonds is 4. The van der Waals surface area contributed by atoms with Crippen molar-refractivity contribution in [3.05, 3.63) is 83.4 Å². The van der Waals surface area contributed by atoms with Gasteiger partial charge in [0.15, 0.2) is 5.82 Å². The van der Waals surface area contributed by atoms with Gasteiger partial charge in [-0.15, -0.1) is 0 Å². The van der Waals surface area contributed by atoms with Crippen molar-refractivity contribution in [3.8, 4) is 0 Å². The minimum atomic E-state index is 0.00672. The average molecular weight is 553 g/mol. The molecule has 1 aromatic heterocycles. The number of nitrogens with zero attached hydrogens (tertiary/aromatic N) is 4. The zero-order chi connectivity index (χ0) is 26.2. The van der Waals surface area contributed by atoms with Crippen LogP contribution in [0.2, 0.25) is 0 Å². The molecule has 7 heteroatoms. The molecule has 35 heavy (non-hydrogen) atoms. The first-order chi connectivity index (χ1) is 16.4. The minimum absolute atomic E-state index is 0.00672. The normalized spacial score (nSPS) is 12.9. The second-order valence-electron chi connectivity index (χ2n) is 10.2. The number of benzene rings is 2. The molecular weight excluding hydrogens is 519 g/mol. The summed E-state index contributed by atoms with van der Waals surface area (Å²) in [5.41, 5.74) is 6.81. The van der Waals surface area contributed by atoms with Gasteiger partial charge in [0.05, 0.1) is 28.5 Å². The monoisotopic (exact) mass is 552 g/mol. The Morgan fingerprint density at radius 2 is 1.14 bits per heavy atom. The van der Waals surface area contributed by atoms with Gasteiger partial charge in [-0.2, -0.15) is 0 Å². The fraction of sp³-hybridized carbons (Fsp3) is 0.357. The van der Waals surface area contributed by atoms with E-state index in [4.69, 9.17) is 35.2 Å². The Bertz CT molecular complexity index is 1100. The van der Waals surface area contributed by atoms with Crippen molar-refractivity contribution in [1.82, 2.24) is 9.97 Å². The Labute approximate surface area is 225 Å². The summed E-state index contributed by atoms with van der Waals surface area (Å²) in [7, 11) is 9.53. The van der Waals surface area contributed by atoms with Crippen molar-refractivity contribution in [3.63, 3.8) is 0 Å². The van der Waals surface area contributed by atoms with E-state index in [-0.39, 0.29) is 24.0 Å². The van der Waals surface area contributed by atoms with Gasteiger partial charge in [-0.1, -0.05) is 77.9 Å². The topological polar surface area (TPSA) is 50.5 Å². The maximum absolute atomic E-state index is 4.91. The molecule has 0 spiro atoms. The number of hydrogen-bond donors (Lipinski definition) is 0. The SMILES string of the molecule is CC(=Nc1ccccc1C(C)(C)C)c1ccnc(C(C)=Nc2ccccc2C(C)(C)C)n1.[Cl][Fe][Cl]. The van der Waals surface area contributed by atoms with E-state index in [1.807, 2.05) is 38.1 Å². The fourth-order valence-corrected chi connectivity index (χ4v) is 3.61. The van der Waals surface area contributed by atoms with Crippen LogP contribution < -0.4 is 0 Å². The van der Waals surface area contributed by atoms with E-state index in [2.05, 4.69) is 76.9 Å². The number of aliphatic imine (C=N–C) groups is 2. The molecular formula is C28H34Cl2FeN4. The summed E-state index contributed by atoms with van der Waals surface area (Å²) in [5.74, 6) is 0.616. The van der Waals surface area contributed by atoms with Crippen LogP contribution in [0.15, 0.2) is 70.8 Å². The number of hydrogen-bond acceptors (Lipinski definition) is 4.